The lowest BCUT2D eigenvalue weighted by molar-refractivity contribution is -0.119. The minimum Gasteiger partial charge on any atom is -0.380 e. The lowest BCUT2D eigenvalue weighted by Crippen LogP contribution is -2.48. The Balaban J connectivity index is 1.61. The third-order valence-corrected chi connectivity index (χ3v) is 4.35. The second-order valence-corrected chi connectivity index (χ2v) is 6.24. The molecule has 2 amide bonds. The van der Waals surface area contributed by atoms with E-state index in [0.29, 0.717) is 38.3 Å². The Morgan fingerprint density at radius 3 is 2.56 bits per heavy atom. The summed E-state index contributed by atoms with van der Waals surface area (Å²) in [5, 5.41) is 3.31. The van der Waals surface area contributed by atoms with E-state index in [0.717, 1.165) is 12.1 Å². The van der Waals surface area contributed by atoms with E-state index in [4.69, 9.17) is 0 Å². The van der Waals surface area contributed by atoms with E-state index < -0.39 is 0 Å². The third-order valence-electron chi connectivity index (χ3n) is 4.35. The van der Waals surface area contributed by atoms with Crippen molar-refractivity contribution in [3.63, 3.8) is 0 Å². The van der Waals surface area contributed by atoms with Gasteiger partial charge in [-0.2, -0.15) is 0 Å². The molecule has 0 radical (unpaired) electrons. The molecule has 0 aliphatic carbocycles. The minimum atomic E-state index is -0.0444. The predicted octanol–water partition coefficient (Wildman–Crippen LogP) is 1.92. The van der Waals surface area contributed by atoms with Crippen LogP contribution >= 0.6 is 0 Å². The molecule has 2 aromatic rings. The van der Waals surface area contributed by atoms with Crippen molar-refractivity contribution in [3.8, 4) is 0 Å². The van der Waals surface area contributed by atoms with E-state index in [1.165, 1.54) is 11.1 Å². The summed E-state index contributed by atoms with van der Waals surface area (Å²) < 4.78 is 0. The van der Waals surface area contributed by atoms with Gasteiger partial charge in [-0.3, -0.25) is 14.6 Å². The summed E-state index contributed by atoms with van der Waals surface area (Å²) in [4.78, 5) is 31.0. The second-order valence-electron chi connectivity index (χ2n) is 6.24. The van der Waals surface area contributed by atoms with Crippen LogP contribution in [0.3, 0.4) is 0 Å². The molecule has 1 saturated heterocycles. The Bertz CT molecular complexity index is 737. The Hall–Kier alpha value is -2.89. The van der Waals surface area contributed by atoms with Crippen LogP contribution in [-0.4, -0.2) is 53.3 Å². The number of rotatable bonds is 5. The summed E-state index contributed by atoms with van der Waals surface area (Å²) in [6, 6.07) is 10.1. The van der Waals surface area contributed by atoms with Crippen molar-refractivity contribution in [2.45, 2.75) is 13.5 Å². The Kier molecular flexibility index (Phi) is 5.28. The minimum absolute atomic E-state index is 0.0444. The standard InChI is InChI=1S/C19H22N4O2/c1-15-2-4-16(5-3-15)11-21-18-10-17(12-20-13-18)19(25)23-8-6-22(14-24)7-9-23/h2-5,10,12-14,21H,6-9,11H2,1H3. The van der Waals surface area contributed by atoms with Crippen molar-refractivity contribution < 1.29 is 9.59 Å². The summed E-state index contributed by atoms with van der Waals surface area (Å²) in [6.07, 6.45) is 4.14. The van der Waals surface area contributed by atoms with Gasteiger partial charge in [-0.25, -0.2) is 0 Å². The lowest BCUT2D eigenvalue weighted by Gasteiger charge is -2.32. The highest BCUT2D eigenvalue weighted by Gasteiger charge is 2.21. The zero-order valence-corrected chi connectivity index (χ0v) is 14.3. The molecule has 1 aromatic heterocycles. The molecule has 1 aliphatic heterocycles. The van der Waals surface area contributed by atoms with Gasteiger partial charge in [0.05, 0.1) is 11.3 Å². The van der Waals surface area contributed by atoms with Crippen LogP contribution in [-0.2, 0) is 11.3 Å². The molecule has 6 heteroatoms. The maximum Gasteiger partial charge on any atom is 0.255 e. The zero-order valence-electron chi connectivity index (χ0n) is 14.3. The molecule has 1 fully saturated rings. The molecular weight excluding hydrogens is 316 g/mol. The highest BCUT2D eigenvalue weighted by Crippen LogP contribution is 2.14. The van der Waals surface area contributed by atoms with E-state index >= 15 is 0 Å². The summed E-state index contributed by atoms with van der Waals surface area (Å²) in [5.74, 6) is -0.0444. The molecule has 0 atom stereocenters. The SMILES string of the molecule is Cc1ccc(CNc2cncc(C(=O)N3CCN(C=O)CC3)c2)cc1. The number of anilines is 1. The number of benzene rings is 1. The Morgan fingerprint density at radius 2 is 1.88 bits per heavy atom. The predicted molar refractivity (Wildman–Crippen MR) is 96.3 cm³/mol. The van der Waals surface area contributed by atoms with Crippen LogP contribution in [0.1, 0.15) is 21.5 Å². The van der Waals surface area contributed by atoms with Crippen LogP contribution in [0, 0.1) is 6.92 Å². The molecule has 25 heavy (non-hydrogen) atoms. The van der Waals surface area contributed by atoms with Gasteiger partial charge in [0, 0.05) is 45.1 Å². The van der Waals surface area contributed by atoms with Crippen molar-refractivity contribution in [3.05, 3.63) is 59.4 Å². The summed E-state index contributed by atoms with van der Waals surface area (Å²) >= 11 is 0. The van der Waals surface area contributed by atoms with Gasteiger partial charge >= 0.3 is 0 Å². The first-order valence-electron chi connectivity index (χ1n) is 8.39. The smallest absolute Gasteiger partial charge is 0.255 e. The third kappa shape index (κ3) is 4.35. The van der Waals surface area contributed by atoms with Crippen LogP contribution in [0.2, 0.25) is 0 Å². The Labute approximate surface area is 147 Å². The van der Waals surface area contributed by atoms with E-state index in [1.54, 1.807) is 22.2 Å². The van der Waals surface area contributed by atoms with Gasteiger partial charge in [0.15, 0.2) is 0 Å². The first-order valence-corrected chi connectivity index (χ1v) is 8.39. The number of hydrogen-bond donors (Lipinski definition) is 1. The van der Waals surface area contributed by atoms with Gasteiger partial charge < -0.3 is 15.1 Å². The molecule has 1 N–H and O–H groups in total. The highest BCUT2D eigenvalue weighted by molar-refractivity contribution is 5.94. The number of piperazine rings is 1. The number of hydrogen-bond acceptors (Lipinski definition) is 4. The van der Waals surface area contributed by atoms with Gasteiger partial charge in [-0.05, 0) is 18.6 Å². The van der Waals surface area contributed by atoms with Crippen LogP contribution in [0.25, 0.3) is 0 Å². The Morgan fingerprint density at radius 1 is 1.16 bits per heavy atom. The molecule has 1 aromatic carbocycles. The van der Waals surface area contributed by atoms with Crippen LogP contribution < -0.4 is 5.32 Å². The van der Waals surface area contributed by atoms with E-state index in [9.17, 15) is 9.59 Å². The number of nitrogens with zero attached hydrogens (tertiary/aromatic N) is 3. The molecule has 6 nitrogen and oxygen atoms in total. The van der Waals surface area contributed by atoms with Gasteiger partial charge in [0.1, 0.15) is 0 Å². The quantitative estimate of drug-likeness (QED) is 0.846. The zero-order chi connectivity index (χ0) is 17.6. The monoisotopic (exact) mass is 338 g/mol. The van der Waals surface area contributed by atoms with Gasteiger partial charge in [0.2, 0.25) is 6.41 Å². The lowest BCUT2D eigenvalue weighted by atomic mass is 10.1. The fraction of sp³-hybridized carbons (Fsp3) is 0.316. The molecule has 2 heterocycles. The number of aromatic nitrogens is 1. The molecule has 0 saturated carbocycles. The molecule has 0 spiro atoms. The first-order chi connectivity index (χ1) is 12.2. The van der Waals surface area contributed by atoms with Crippen LogP contribution in [0.4, 0.5) is 5.69 Å². The summed E-state index contributed by atoms with van der Waals surface area (Å²) in [5.41, 5.74) is 3.78. The van der Waals surface area contributed by atoms with Gasteiger partial charge in [-0.15, -0.1) is 0 Å². The molecule has 0 bridgehead atoms. The normalized spacial score (nSPS) is 14.3. The summed E-state index contributed by atoms with van der Waals surface area (Å²) in [6.45, 7) is 5.00. The van der Waals surface area contributed by atoms with E-state index in [-0.39, 0.29) is 5.91 Å². The molecular formula is C19H22N4O2. The largest absolute Gasteiger partial charge is 0.380 e. The van der Waals surface area contributed by atoms with Crippen molar-refractivity contribution in [2.75, 3.05) is 31.5 Å². The van der Waals surface area contributed by atoms with E-state index in [2.05, 4.69) is 41.5 Å². The number of carbonyl (C=O) groups excluding carboxylic acids is 2. The maximum absolute atomic E-state index is 12.6. The highest BCUT2D eigenvalue weighted by atomic mass is 16.2. The maximum atomic E-state index is 12.6. The van der Waals surface area contributed by atoms with E-state index in [1.807, 2.05) is 6.07 Å². The number of carbonyl (C=O) groups is 2. The fourth-order valence-electron chi connectivity index (χ4n) is 2.78. The number of amides is 2. The molecule has 130 valence electrons. The molecule has 1 aliphatic rings. The van der Waals surface area contributed by atoms with Gasteiger partial charge in [-0.1, -0.05) is 29.8 Å². The van der Waals surface area contributed by atoms with Crippen molar-refractivity contribution >= 4 is 18.0 Å². The summed E-state index contributed by atoms with van der Waals surface area (Å²) in [7, 11) is 0. The average molecular weight is 338 g/mol. The molecule has 3 rings (SSSR count). The first kappa shape index (κ1) is 17.0. The topological polar surface area (TPSA) is 65.5 Å². The molecule has 0 unspecified atom stereocenters. The van der Waals surface area contributed by atoms with Crippen LogP contribution in [0.5, 0.6) is 0 Å². The number of aryl methyl sites for hydroxylation is 1. The second kappa shape index (κ2) is 7.79. The average Bonchev–Trinajstić information content (AvgIpc) is 2.67. The number of nitrogens with one attached hydrogen (secondary N) is 1. The van der Waals surface area contributed by atoms with Crippen LogP contribution in [0.15, 0.2) is 42.7 Å². The fourth-order valence-corrected chi connectivity index (χ4v) is 2.78. The van der Waals surface area contributed by atoms with Crippen molar-refractivity contribution in [1.82, 2.24) is 14.8 Å². The van der Waals surface area contributed by atoms with Crippen molar-refractivity contribution in [1.29, 1.82) is 0 Å². The van der Waals surface area contributed by atoms with Gasteiger partial charge in [0.25, 0.3) is 5.91 Å². The van der Waals surface area contributed by atoms with Crippen molar-refractivity contribution in [2.24, 2.45) is 0 Å². The number of pyridine rings is 1.